The Kier molecular flexibility index (Phi) is 7.94. The summed E-state index contributed by atoms with van der Waals surface area (Å²) >= 11 is 6.12. The number of anilines is 2. The van der Waals surface area contributed by atoms with E-state index in [-0.39, 0.29) is 28.8 Å². The van der Waals surface area contributed by atoms with E-state index in [1.807, 2.05) is 0 Å². The fourth-order valence-corrected chi connectivity index (χ4v) is 5.23. The summed E-state index contributed by atoms with van der Waals surface area (Å²) in [5.74, 6) is 0.299. The van der Waals surface area contributed by atoms with Gasteiger partial charge in [0.15, 0.2) is 0 Å². The summed E-state index contributed by atoms with van der Waals surface area (Å²) in [6.07, 6.45) is 1.63. The molecule has 3 rings (SSSR count). The first-order chi connectivity index (χ1) is 15.3. The third-order valence-corrected chi connectivity index (χ3v) is 7.26. The largest absolute Gasteiger partial charge is 0.497 e. The molecule has 32 heavy (non-hydrogen) atoms. The second-order valence-corrected chi connectivity index (χ2v) is 9.48. The van der Waals surface area contributed by atoms with Crippen molar-refractivity contribution < 1.29 is 22.7 Å². The van der Waals surface area contributed by atoms with Gasteiger partial charge in [-0.1, -0.05) is 11.6 Å². The number of carbonyl (C=O) groups is 2. The van der Waals surface area contributed by atoms with Crippen molar-refractivity contribution in [1.82, 2.24) is 9.62 Å². The van der Waals surface area contributed by atoms with Crippen LogP contribution in [-0.2, 0) is 14.8 Å². The van der Waals surface area contributed by atoms with E-state index < -0.39 is 16.1 Å². The van der Waals surface area contributed by atoms with Crippen LogP contribution in [0.1, 0.15) is 19.3 Å². The monoisotopic (exact) mass is 480 g/mol. The van der Waals surface area contributed by atoms with Crippen molar-refractivity contribution in [2.24, 2.45) is 0 Å². The third kappa shape index (κ3) is 6.12. The Hall–Kier alpha value is -2.82. The fourth-order valence-electron chi connectivity index (χ4n) is 3.21. The van der Waals surface area contributed by atoms with Gasteiger partial charge in [0.2, 0.25) is 15.9 Å². The Labute approximate surface area is 192 Å². The van der Waals surface area contributed by atoms with Gasteiger partial charge in [0.25, 0.3) is 0 Å². The second-order valence-electron chi connectivity index (χ2n) is 7.16. The van der Waals surface area contributed by atoms with E-state index in [2.05, 4.69) is 16.0 Å². The molecule has 0 aliphatic carbocycles. The molecular weight excluding hydrogens is 456 g/mol. The molecule has 11 heteroatoms. The van der Waals surface area contributed by atoms with Gasteiger partial charge in [-0.05, 0) is 55.3 Å². The number of amides is 3. The molecular formula is C21H25ClN4O5S. The zero-order valence-corrected chi connectivity index (χ0v) is 19.1. The standard InChI is InChI=1S/C21H25ClN4O5S/c1-31-17-7-4-15(5-8-17)25-21(28)23-11-10-20(27)24-16-6-9-18(22)19(14-16)32(29,30)26-12-2-3-13-26/h4-9,14H,2-3,10-13H2,1H3,(H,24,27)(H2,23,25,28). The maximum Gasteiger partial charge on any atom is 0.319 e. The molecule has 0 aromatic heterocycles. The van der Waals surface area contributed by atoms with Gasteiger partial charge < -0.3 is 20.7 Å². The zero-order valence-electron chi connectivity index (χ0n) is 17.6. The topological polar surface area (TPSA) is 117 Å². The SMILES string of the molecule is COc1ccc(NC(=O)NCCC(=O)Nc2ccc(Cl)c(S(=O)(=O)N3CCCC3)c2)cc1. The molecule has 1 aliphatic heterocycles. The Balaban J connectivity index is 1.51. The summed E-state index contributed by atoms with van der Waals surface area (Å²) in [6, 6.07) is 10.7. The lowest BCUT2D eigenvalue weighted by molar-refractivity contribution is -0.116. The number of nitrogens with zero attached hydrogens (tertiary/aromatic N) is 1. The number of nitrogens with one attached hydrogen (secondary N) is 3. The van der Waals surface area contributed by atoms with E-state index in [9.17, 15) is 18.0 Å². The van der Waals surface area contributed by atoms with Crippen LogP contribution >= 0.6 is 11.6 Å². The summed E-state index contributed by atoms with van der Waals surface area (Å²) in [5.41, 5.74) is 0.903. The molecule has 1 fully saturated rings. The summed E-state index contributed by atoms with van der Waals surface area (Å²) in [7, 11) is -2.16. The summed E-state index contributed by atoms with van der Waals surface area (Å²) in [5, 5.41) is 7.99. The van der Waals surface area contributed by atoms with Crippen molar-refractivity contribution in [2.45, 2.75) is 24.2 Å². The van der Waals surface area contributed by atoms with Gasteiger partial charge in [-0.2, -0.15) is 4.31 Å². The predicted octanol–water partition coefficient (Wildman–Crippen LogP) is 3.28. The van der Waals surface area contributed by atoms with E-state index in [4.69, 9.17) is 16.3 Å². The van der Waals surface area contributed by atoms with Crippen molar-refractivity contribution in [3.05, 3.63) is 47.5 Å². The van der Waals surface area contributed by atoms with Gasteiger partial charge in [0, 0.05) is 37.4 Å². The number of ether oxygens (including phenoxy) is 1. The van der Waals surface area contributed by atoms with Crippen LogP contribution in [0.5, 0.6) is 5.75 Å². The van der Waals surface area contributed by atoms with Crippen LogP contribution in [0.15, 0.2) is 47.4 Å². The molecule has 0 unspecified atom stereocenters. The first-order valence-electron chi connectivity index (χ1n) is 10.1. The smallest absolute Gasteiger partial charge is 0.319 e. The highest BCUT2D eigenvalue weighted by Gasteiger charge is 2.29. The van der Waals surface area contributed by atoms with E-state index in [1.54, 1.807) is 31.4 Å². The highest BCUT2D eigenvalue weighted by molar-refractivity contribution is 7.89. The van der Waals surface area contributed by atoms with Gasteiger partial charge in [0.1, 0.15) is 10.6 Å². The second kappa shape index (κ2) is 10.7. The maximum atomic E-state index is 12.8. The lowest BCUT2D eigenvalue weighted by Gasteiger charge is -2.17. The third-order valence-electron chi connectivity index (χ3n) is 4.88. The number of hydrogen-bond acceptors (Lipinski definition) is 5. The van der Waals surface area contributed by atoms with Crippen LogP contribution in [0.2, 0.25) is 5.02 Å². The van der Waals surface area contributed by atoms with Gasteiger partial charge in [-0.25, -0.2) is 13.2 Å². The van der Waals surface area contributed by atoms with Crippen molar-refractivity contribution in [3.8, 4) is 5.75 Å². The first-order valence-corrected chi connectivity index (χ1v) is 11.9. The molecule has 1 heterocycles. The number of rotatable bonds is 8. The Morgan fingerprint density at radius 3 is 2.34 bits per heavy atom. The molecule has 3 N–H and O–H groups in total. The Morgan fingerprint density at radius 1 is 1.03 bits per heavy atom. The molecule has 2 aromatic rings. The van der Waals surface area contributed by atoms with E-state index >= 15 is 0 Å². The van der Waals surface area contributed by atoms with Crippen LogP contribution in [-0.4, -0.2) is 51.4 Å². The average molecular weight is 481 g/mol. The van der Waals surface area contributed by atoms with E-state index in [1.165, 1.54) is 22.5 Å². The molecule has 3 amide bonds. The fraction of sp³-hybridized carbons (Fsp3) is 0.333. The lowest BCUT2D eigenvalue weighted by Crippen LogP contribution is -2.31. The number of methoxy groups -OCH3 is 1. The van der Waals surface area contributed by atoms with Crippen molar-refractivity contribution >= 4 is 44.9 Å². The minimum Gasteiger partial charge on any atom is -0.497 e. The van der Waals surface area contributed by atoms with Crippen molar-refractivity contribution in [1.29, 1.82) is 0 Å². The predicted molar refractivity (Wildman–Crippen MR) is 123 cm³/mol. The van der Waals surface area contributed by atoms with Crippen LogP contribution in [0, 0.1) is 0 Å². The minimum atomic E-state index is -3.71. The molecule has 172 valence electrons. The van der Waals surface area contributed by atoms with E-state index in [0.29, 0.717) is 30.2 Å². The molecule has 2 aromatic carbocycles. The number of carbonyl (C=O) groups excluding carboxylic acids is 2. The van der Waals surface area contributed by atoms with Gasteiger partial charge in [-0.15, -0.1) is 0 Å². The number of halogens is 1. The molecule has 1 saturated heterocycles. The Bertz CT molecular complexity index is 1070. The molecule has 0 atom stereocenters. The highest BCUT2D eigenvalue weighted by atomic mass is 35.5. The van der Waals surface area contributed by atoms with Gasteiger partial charge in [-0.3, -0.25) is 4.79 Å². The quantitative estimate of drug-likeness (QED) is 0.536. The van der Waals surface area contributed by atoms with Gasteiger partial charge >= 0.3 is 6.03 Å². The molecule has 0 radical (unpaired) electrons. The lowest BCUT2D eigenvalue weighted by atomic mass is 10.3. The molecule has 9 nitrogen and oxygen atoms in total. The van der Waals surface area contributed by atoms with Crippen LogP contribution in [0.3, 0.4) is 0 Å². The maximum absolute atomic E-state index is 12.8. The summed E-state index contributed by atoms with van der Waals surface area (Å²) < 4.78 is 32.0. The van der Waals surface area contributed by atoms with Crippen LogP contribution in [0.4, 0.5) is 16.2 Å². The summed E-state index contributed by atoms with van der Waals surface area (Å²) in [6.45, 7) is 1.01. The molecule has 0 saturated carbocycles. The zero-order chi connectivity index (χ0) is 23.1. The highest BCUT2D eigenvalue weighted by Crippen LogP contribution is 2.29. The van der Waals surface area contributed by atoms with Crippen molar-refractivity contribution in [3.63, 3.8) is 0 Å². The van der Waals surface area contributed by atoms with E-state index in [0.717, 1.165) is 12.8 Å². The normalized spacial score (nSPS) is 14.1. The minimum absolute atomic E-state index is 0.00681. The Morgan fingerprint density at radius 2 is 1.69 bits per heavy atom. The number of urea groups is 1. The molecule has 0 bridgehead atoms. The van der Waals surface area contributed by atoms with Crippen LogP contribution in [0.25, 0.3) is 0 Å². The van der Waals surface area contributed by atoms with Gasteiger partial charge in [0.05, 0.1) is 12.1 Å². The van der Waals surface area contributed by atoms with Crippen LogP contribution < -0.4 is 20.7 Å². The van der Waals surface area contributed by atoms with Crippen molar-refractivity contribution in [2.75, 3.05) is 37.4 Å². The number of benzene rings is 2. The number of sulfonamides is 1. The first kappa shape index (κ1) is 23.8. The molecule has 1 aliphatic rings. The summed E-state index contributed by atoms with van der Waals surface area (Å²) in [4.78, 5) is 24.2. The average Bonchev–Trinajstić information content (AvgIpc) is 3.31. The number of hydrogen-bond donors (Lipinski definition) is 3. The molecule has 0 spiro atoms.